The maximum atomic E-state index is 13.1. The van der Waals surface area contributed by atoms with E-state index in [1.807, 2.05) is 0 Å². The molecule has 0 saturated carbocycles. The van der Waals surface area contributed by atoms with Gasteiger partial charge in [-0.25, -0.2) is 9.78 Å². The van der Waals surface area contributed by atoms with E-state index in [1.165, 1.54) is 25.1 Å². The fourth-order valence-corrected chi connectivity index (χ4v) is 2.08. The number of alkyl halides is 3. The Morgan fingerprint density at radius 3 is 2.62 bits per heavy atom. The predicted octanol–water partition coefficient (Wildman–Crippen LogP) is 2.52. The molecule has 114 valence electrons. The van der Waals surface area contributed by atoms with Crippen molar-refractivity contribution in [3.05, 3.63) is 29.6 Å². The van der Waals surface area contributed by atoms with E-state index in [0.717, 1.165) is 4.57 Å². The lowest BCUT2D eigenvalue weighted by molar-refractivity contribution is -0.147. The molecule has 2 rings (SSSR count). The highest BCUT2D eigenvalue weighted by atomic mass is 19.4. The number of fused-ring (bicyclic) bond motifs is 1. The quantitative estimate of drug-likeness (QED) is 0.910. The highest BCUT2D eigenvalue weighted by Crippen LogP contribution is 2.32. The zero-order chi connectivity index (χ0) is 15.8. The molecular formula is C13H13F3N2O3. The molecule has 2 aromatic rings. The number of aliphatic hydroxyl groups is 1. The van der Waals surface area contributed by atoms with Gasteiger partial charge >= 0.3 is 12.1 Å². The Hall–Kier alpha value is -2.09. The van der Waals surface area contributed by atoms with Crippen molar-refractivity contribution in [2.75, 3.05) is 0 Å². The van der Waals surface area contributed by atoms with Crippen LogP contribution < -0.4 is 0 Å². The van der Waals surface area contributed by atoms with Crippen LogP contribution in [0.15, 0.2) is 18.2 Å². The second-order valence-corrected chi connectivity index (χ2v) is 4.70. The number of hydrogen-bond donors (Lipinski definition) is 2. The number of nitrogens with zero attached hydrogens (tertiary/aromatic N) is 2. The second-order valence-electron chi connectivity index (χ2n) is 4.70. The van der Waals surface area contributed by atoms with Crippen LogP contribution in [0.5, 0.6) is 0 Å². The molecule has 21 heavy (non-hydrogen) atoms. The number of halogens is 3. The summed E-state index contributed by atoms with van der Waals surface area (Å²) in [4.78, 5) is 14.5. The van der Waals surface area contributed by atoms with E-state index in [2.05, 4.69) is 4.98 Å². The smallest absolute Gasteiger partial charge is 0.449 e. The molecule has 1 heterocycles. The van der Waals surface area contributed by atoms with Crippen molar-refractivity contribution in [1.82, 2.24) is 9.55 Å². The lowest BCUT2D eigenvalue weighted by Crippen LogP contribution is -2.17. The molecule has 1 atom stereocenters. The standard InChI is InChI=1S/C13H13F3N2O3/c1-7(19)5-6-18-9-4-2-3-8(11(20)21)10(9)17-12(18)13(14,15)16/h2-4,7,19H,5-6H2,1H3,(H,20,21). The van der Waals surface area contributed by atoms with Crippen LogP contribution in [0.3, 0.4) is 0 Å². The molecule has 0 radical (unpaired) electrons. The largest absolute Gasteiger partial charge is 0.478 e. The molecule has 1 aromatic carbocycles. The Labute approximate surface area is 117 Å². The Morgan fingerprint density at radius 2 is 2.10 bits per heavy atom. The zero-order valence-electron chi connectivity index (χ0n) is 11.1. The van der Waals surface area contributed by atoms with Crippen molar-refractivity contribution >= 4 is 17.0 Å². The van der Waals surface area contributed by atoms with Crippen molar-refractivity contribution in [3.8, 4) is 0 Å². The van der Waals surface area contributed by atoms with Crippen molar-refractivity contribution in [2.24, 2.45) is 0 Å². The van der Waals surface area contributed by atoms with Crippen LogP contribution in [-0.4, -0.2) is 31.8 Å². The third kappa shape index (κ3) is 2.99. The number of para-hydroxylation sites is 1. The average Bonchev–Trinajstić information content (AvgIpc) is 2.74. The van der Waals surface area contributed by atoms with Crippen LogP contribution in [-0.2, 0) is 12.7 Å². The Balaban J connectivity index is 2.67. The first kappa shape index (κ1) is 15.3. The molecule has 5 nitrogen and oxygen atoms in total. The van der Waals surface area contributed by atoms with Gasteiger partial charge in [0.15, 0.2) is 0 Å². The number of carboxylic acids is 1. The highest BCUT2D eigenvalue weighted by molar-refractivity contribution is 6.01. The number of aliphatic hydroxyl groups excluding tert-OH is 1. The first-order valence-electron chi connectivity index (χ1n) is 6.19. The minimum atomic E-state index is -4.70. The molecule has 1 aromatic heterocycles. The summed E-state index contributed by atoms with van der Waals surface area (Å²) in [6.07, 6.45) is -5.37. The lowest BCUT2D eigenvalue weighted by atomic mass is 10.2. The van der Waals surface area contributed by atoms with Crippen molar-refractivity contribution in [1.29, 1.82) is 0 Å². The normalized spacial score (nSPS) is 13.6. The van der Waals surface area contributed by atoms with E-state index in [1.54, 1.807) is 0 Å². The van der Waals surface area contributed by atoms with Gasteiger partial charge in [-0.1, -0.05) is 6.07 Å². The van der Waals surface area contributed by atoms with Gasteiger partial charge in [0.25, 0.3) is 0 Å². The molecule has 0 bridgehead atoms. The van der Waals surface area contributed by atoms with Crippen LogP contribution in [0, 0.1) is 0 Å². The van der Waals surface area contributed by atoms with Crippen molar-refractivity contribution in [3.63, 3.8) is 0 Å². The molecule has 8 heteroatoms. The SMILES string of the molecule is CC(O)CCn1c(C(F)(F)F)nc2c(C(=O)O)cccc21. The predicted molar refractivity (Wildman–Crippen MR) is 68.0 cm³/mol. The van der Waals surface area contributed by atoms with Gasteiger partial charge < -0.3 is 14.8 Å². The fourth-order valence-electron chi connectivity index (χ4n) is 2.08. The monoisotopic (exact) mass is 302 g/mol. The summed E-state index contributed by atoms with van der Waals surface area (Å²) in [5.41, 5.74) is -0.403. The molecule has 0 saturated heterocycles. The number of imidazole rings is 1. The Morgan fingerprint density at radius 1 is 1.43 bits per heavy atom. The summed E-state index contributed by atoms with van der Waals surface area (Å²) < 4.78 is 40.0. The van der Waals surface area contributed by atoms with Gasteiger partial charge in [-0.3, -0.25) is 0 Å². The van der Waals surface area contributed by atoms with E-state index in [4.69, 9.17) is 5.11 Å². The van der Waals surface area contributed by atoms with E-state index in [9.17, 15) is 23.1 Å². The van der Waals surface area contributed by atoms with E-state index >= 15 is 0 Å². The molecule has 0 aliphatic heterocycles. The summed E-state index contributed by atoms with van der Waals surface area (Å²) >= 11 is 0. The van der Waals surface area contributed by atoms with E-state index in [-0.39, 0.29) is 29.6 Å². The van der Waals surface area contributed by atoms with Crippen LogP contribution in [0.25, 0.3) is 11.0 Å². The number of aryl methyl sites for hydroxylation is 1. The maximum absolute atomic E-state index is 13.1. The minimum absolute atomic E-state index is 0.0860. The van der Waals surface area contributed by atoms with Gasteiger partial charge in [0.05, 0.1) is 17.2 Å². The Bertz CT molecular complexity index is 677. The minimum Gasteiger partial charge on any atom is -0.478 e. The van der Waals surface area contributed by atoms with Crippen LogP contribution in [0.1, 0.15) is 29.5 Å². The topological polar surface area (TPSA) is 75.3 Å². The first-order chi connectivity index (χ1) is 9.71. The second kappa shape index (κ2) is 5.36. The van der Waals surface area contributed by atoms with Crippen LogP contribution in [0.2, 0.25) is 0 Å². The molecule has 0 fully saturated rings. The maximum Gasteiger partial charge on any atom is 0.449 e. The van der Waals surface area contributed by atoms with Crippen molar-refractivity contribution in [2.45, 2.75) is 32.2 Å². The Kier molecular flexibility index (Phi) is 3.91. The zero-order valence-corrected chi connectivity index (χ0v) is 11.1. The fraction of sp³-hybridized carbons (Fsp3) is 0.385. The highest BCUT2D eigenvalue weighted by Gasteiger charge is 2.38. The van der Waals surface area contributed by atoms with Crippen LogP contribution >= 0.6 is 0 Å². The number of hydrogen-bond acceptors (Lipinski definition) is 3. The van der Waals surface area contributed by atoms with Gasteiger partial charge in [-0.2, -0.15) is 13.2 Å². The summed E-state index contributed by atoms with van der Waals surface area (Å²) in [7, 11) is 0. The molecular weight excluding hydrogens is 289 g/mol. The van der Waals surface area contributed by atoms with Gasteiger partial charge in [-0.15, -0.1) is 0 Å². The summed E-state index contributed by atoms with van der Waals surface area (Å²) in [5.74, 6) is -2.50. The number of benzene rings is 1. The lowest BCUT2D eigenvalue weighted by Gasteiger charge is -2.12. The number of aromatic nitrogens is 2. The van der Waals surface area contributed by atoms with E-state index < -0.39 is 24.1 Å². The summed E-state index contributed by atoms with van der Waals surface area (Å²) in [6, 6.07) is 3.95. The molecule has 0 aliphatic rings. The van der Waals surface area contributed by atoms with Crippen LogP contribution in [0.4, 0.5) is 13.2 Å². The molecule has 0 spiro atoms. The van der Waals surface area contributed by atoms with Gasteiger partial charge in [0.1, 0.15) is 5.52 Å². The van der Waals surface area contributed by atoms with Gasteiger partial charge in [-0.05, 0) is 25.5 Å². The molecule has 1 unspecified atom stereocenters. The summed E-state index contributed by atoms with van der Waals surface area (Å²) in [6.45, 7) is 1.36. The average molecular weight is 302 g/mol. The third-order valence-corrected chi connectivity index (χ3v) is 3.03. The number of carboxylic acid groups (broad SMARTS) is 1. The third-order valence-electron chi connectivity index (χ3n) is 3.03. The number of carbonyl (C=O) groups is 1. The molecule has 0 aliphatic carbocycles. The number of rotatable bonds is 4. The first-order valence-corrected chi connectivity index (χ1v) is 6.19. The summed E-state index contributed by atoms with van der Waals surface area (Å²) in [5, 5.41) is 18.3. The molecule has 0 amide bonds. The van der Waals surface area contributed by atoms with Gasteiger partial charge in [0.2, 0.25) is 5.82 Å². The van der Waals surface area contributed by atoms with E-state index in [0.29, 0.717) is 0 Å². The van der Waals surface area contributed by atoms with Crippen molar-refractivity contribution < 1.29 is 28.2 Å². The molecule has 2 N–H and O–H groups in total. The number of aromatic carboxylic acids is 1. The van der Waals surface area contributed by atoms with Gasteiger partial charge in [0, 0.05) is 6.54 Å².